The van der Waals surface area contributed by atoms with Gasteiger partial charge in [0.05, 0.1) is 17.5 Å². The van der Waals surface area contributed by atoms with Crippen LogP contribution in [-0.4, -0.2) is 37.6 Å². The summed E-state index contributed by atoms with van der Waals surface area (Å²) in [4.78, 5) is 13.8. The number of halogens is 2. The number of hydrogen-bond acceptors (Lipinski definition) is 3. The molecule has 0 unspecified atom stereocenters. The first kappa shape index (κ1) is 21.2. The van der Waals surface area contributed by atoms with E-state index in [-0.39, 0.29) is 23.7 Å². The zero-order chi connectivity index (χ0) is 16.0. The van der Waals surface area contributed by atoms with Crippen LogP contribution in [-0.2, 0) is 4.79 Å². The van der Waals surface area contributed by atoms with E-state index in [1.165, 1.54) is 0 Å². The first-order valence-electron chi connectivity index (χ1n) is 7.08. The zero-order valence-corrected chi connectivity index (χ0v) is 16.1. The molecular weight excluding hydrogens is 368 g/mol. The highest BCUT2D eigenvalue weighted by molar-refractivity contribution is 9.10. The van der Waals surface area contributed by atoms with Gasteiger partial charge < -0.3 is 15.4 Å². The van der Waals surface area contributed by atoms with Gasteiger partial charge in [0.2, 0.25) is 5.91 Å². The zero-order valence-electron chi connectivity index (χ0n) is 13.7. The maximum Gasteiger partial charge on any atom is 0.225 e. The fraction of sp³-hybridized carbons (Fsp3) is 0.562. The van der Waals surface area contributed by atoms with Crippen molar-refractivity contribution in [3.63, 3.8) is 0 Å². The van der Waals surface area contributed by atoms with E-state index in [1.807, 2.05) is 32.2 Å². The predicted octanol–water partition coefficient (Wildman–Crippen LogP) is 3.39. The average Bonchev–Trinajstić information content (AvgIpc) is 2.40. The molecule has 1 aromatic carbocycles. The monoisotopic (exact) mass is 392 g/mol. The van der Waals surface area contributed by atoms with Crippen molar-refractivity contribution in [2.45, 2.75) is 27.2 Å². The second-order valence-electron chi connectivity index (χ2n) is 6.15. The van der Waals surface area contributed by atoms with Gasteiger partial charge in [0.25, 0.3) is 0 Å². The lowest BCUT2D eigenvalue weighted by molar-refractivity contribution is -0.131. The second-order valence-corrected chi connectivity index (χ2v) is 7.00. The van der Waals surface area contributed by atoms with E-state index in [0.717, 1.165) is 15.8 Å². The first-order valence-corrected chi connectivity index (χ1v) is 7.87. The molecule has 0 aliphatic heterocycles. The molecule has 4 nitrogen and oxygen atoms in total. The lowest BCUT2D eigenvalue weighted by atomic mass is 9.93. The van der Waals surface area contributed by atoms with Crippen LogP contribution in [0.25, 0.3) is 0 Å². The van der Waals surface area contributed by atoms with Crippen LogP contribution in [0.3, 0.4) is 0 Å². The number of hydrogen-bond donors (Lipinski definition) is 1. The van der Waals surface area contributed by atoms with Gasteiger partial charge in [-0.1, -0.05) is 19.9 Å². The molecule has 1 aromatic rings. The van der Waals surface area contributed by atoms with Gasteiger partial charge in [-0.05, 0) is 52.5 Å². The summed E-state index contributed by atoms with van der Waals surface area (Å²) in [6, 6.07) is 5.88. The quantitative estimate of drug-likeness (QED) is 0.772. The Kier molecular flexibility index (Phi) is 9.05. The Bertz CT molecular complexity index is 495. The molecule has 1 rings (SSSR count). The molecule has 0 radical (unpaired) electrons. The lowest BCUT2D eigenvalue weighted by Gasteiger charge is -2.29. The summed E-state index contributed by atoms with van der Waals surface area (Å²) >= 11 is 3.46. The van der Waals surface area contributed by atoms with Gasteiger partial charge >= 0.3 is 0 Å². The van der Waals surface area contributed by atoms with Crippen LogP contribution in [0.2, 0.25) is 0 Å². The van der Waals surface area contributed by atoms with Gasteiger partial charge in [-0.3, -0.25) is 4.79 Å². The Labute approximate surface area is 147 Å². The van der Waals surface area contributed by atoms with Gasteiger partial charge in [-0.25, -0.2) is 0 Å². The van der Waals surface area contributed by atoms with Crippen LogP contribution in [0.5, 0.6) is 5.75 Å². The van der Waals surface area contributed by atoms with E-state index in [1.54, 1.807) is 4.90 Å². The van der Waals surface area contributed by atoms with Crippen molar-refractivity contribution in [1.29, 1.82) is 0 Å². The van der Waals surface area contributed by atoms with Gasteiger partial charge in [0, 0.05) is 13.6 Å². The molecule has 126 valence electrons. The molecule has 0 aliphatic carbocycles. The summed E-state index contributed by atoms with van der Waals surface area (Å²) in [6.07, 6.45) is 0.359. The van der Waals surface area contributed by atoms with Gasteiger partial charge in [-0.2, -0.15) is 0 Å². The van der Waals surface area contributed by atoms with Crippen LogP contribution >= 0.6 is 28.3 Å². The number of carbonyl (C=O) groups excluding carboxylic acids is 1. The Hall–Kier alpha value is -0.780. The van der Waals surface area contributed by atoms with Crippen molar-refractivity contribution in [2.75, 3.05) is 26.7 Å². The molecule has 0 bridgehead atoms. The molecule has 6 heteroatoms. The second kappa shape index (κ2) is 9.38. The Morgan fingerprint density at radius 3 is 2.59 bits per heavy atom. The van der Waals surface area contributed by atoms with Gasteiger partial charge in [-0.15, -0.1) is 12.4 Å². The highest BCUT2D eigenvalue weighted by Gasteiger charge is 2.20. The summed E-state index contributed by atoms with van der Waals surface area (Å²) in [5.74, 6) is 0.832. The number of amides is 1. The molecular formula is C16H26BrClN2O2. The molecule has 0 atom stereocenters. The van der Waals surface area contributed by atoms with E-state index >= 15 is 0 Å². The van der Waals surface area contributed by atoms with Crippen LogP contribution in [0.15, 0.2) is 22.7 Å². The Morgan fingerprint density at radius 1 is 1.41 bits per heavy atom. The number of aryl methyl sites for hydroxylation is 1. The van der Waals surface area contributed by atoms with E-state index in [0.29, 0.717) is 26.1 Å². The van der Waals surface area contributed by atoms with E-state index in [9.17, 15) is 4.79 Å². The smallest absolute Gasteiger partial charge is 0.225 e. The highest BCUT2D eigenvalue weighted by atomic mass is 79.9. The number of nitrogens with two attached hydrogens (primary N) is 1. The molecule has 0 spiro atoms. The maximum absolute atomic E-state index is 12.1. The minimum atomic E-state index is -0.0642. The van der Waals surface area contributed by atoms with E-state index < -0.39 is 0 Å². The minimum Gasteiger partial charge on any atom is -0.492 e. The fourth-order valence-corrected chi connectivity index (χ4v) is 2.56. The van der Waals surface area contributed by atoms with Crippen LogP contribution in [0, 0.1) is 12.3 Å². The number of carbonyl (C=O) groups is 1. The van der Waals surface area contributed by atoms with Crippen molar-refractivity contribution < 1.29 is 9.53 Å². The van der Waals surface area contributed by atoms with Crippen LogP contribution < -0.4 is 10.5 Å². The third kappa shape index (κ3) is 6.99. The first-order chi connectivity index (χ1) is 9.75. The number of ether oxygens (including phenoxy) is 1. The third-order valence-corrected chi connectivity index (χ3v) is 3.92. The molecule has 22 heavy (non-hydrogen) atoms. The summed E-state index contributed by atoms with van der Waals surface area (Å²) in [5.41, 5.74) is 6.79. The molecule has 0 saturated carbocycles. The molecule has 0 heterocycles. The van der Waals surface area contributed by atoms with Crippen molar-refractivity contribution in [3.8, 4) is 5.75 Å². The fourth-order valence-electron chi connectivity index (χ4n) is 1.96. The van der Waals surface area contributed by atoms with Gasteiger partial charge in [0.15, 0.2) is 0 Å². The Morgan fingerprint density at radius 2 is 2.05 bits per heavy atom. The largest absolute Gasteiger partial charge is 0.492 e. The molecule has 0 aromatic heterocycles. The normalized spacial score (nSPS) is 10.8. The van der Waals surface area contributed by atoms with Gasteiger partial charge in [0.1, 0.15) is 5.75 Å². The lowest BCUT2D eigenvalue weighted by Crippen LogP contribution is -2.40. The summed E-state index contributed by atoms with van der Waals surface area (Å²) in [5, 5.41) is 0. The number of nitrogens with zero attached hydrogens (tertiary/aromatic N) is 1. The molecule has 0 saturated heterocycles. The highest BCUT2D eigenvalue weighted by Crippen LogP contribution is 2.25. The SMILES string of the molecule is Cc1ccc(OCCC(=O)N(C)CC(C)(C)CN)c(Br)c1.Cl. The summed E-state index contributed by atoms with van der Waals surface area (Å²) in [6.45, 7) is 7.70. The topological polar surface area (TPSA) is 55.6 Å². The van der Waals surface area contributed by atoms with Crippen LogP contribution in [0.4, 0.5) is 0 Å². The van der Waals surface area contributed by atoms with E-state index in [4.69, 9.17) is 10.5 Å². The van der Waals surface area contributed by atoms with Crippen molar-refractivity contribution in [3.05, 3.63) is 28.2 Å². The molecule has 1 amide bonds. The average molecular weight is 394 g/mol. The minimum absolute atomic E-state index is 0. The number of benzene rings is 1. The predicted molar refractivity (Wildman–Crippen MR) is 96.7 cm³/mol. The van der Waals surface area contributed by atoms with Crippen molar-refractivity contribution >= 4 is 34.2 Å². The van der Waals surface area contributed by atoms with Crippen molar-refractivity contribution in [1.82, 2.24) is 4.90 Å². The summed E-state index contributed by atoms with van der Waals surface area (Å²) < 4.78 is 6.56. The standard InChI is InChI=1S/C16H25BrN2O2.ClH/c1-12-5-6-14(13(17)9-12)21-8-7-15(20)19(4)11-16(2,3)10-18;/h5-6,9H,7-8,10-11,18H2,1-4H3;1H. The Balaban J connectivity index is 0.00000441. The molecule has 0 fully saturated rings. The molecule has 0 aliphatic rings. The van der Waals surface area contributed by atoms with Crippen molar-refractivity contribution in [2.24, 2.45) is 11.1 Å². The maximum atomic E-state index is 12.1. The summed E-state index contributed by atoms with van der Waals surface area (Å²) in [7, 11) is 1.81. The molecule has 2 N–H and O–H groups in total. The van der Waals surface area contributed by atoms with Crippen LogP contribution in [0.1, 0.15) is 25.8 Å². The third-order valence-electron chi connectivity index (χ3n) is 3.30. The number of rotatable bonds is 7. The van der Waals surface area contributed by atoms with E-state index in [2.05, 4.69) is 29.8 Å².